The predicted molar refractivity (Wildman–Crippen MR) is 113 cm³/mol. The third-order valence-corrected chi connectivity index (χ3v) is 6.18. The van der Waals surface area contributed by atoms with Crippen molar-refractivity contribution in [3.05, 3.63) is 64.5 Å². The molecule has 0 unspecified atom stereocenters. The summed E-state index contributed by atoms with van der Waals surface area (Å²) >= 11 is 0. The van der Waals surface area contributed by atoms with E-state index in [9.17, 15) is 22.8 Å². The zero-order valence-corrected chi connectivity index (χ0v) is 17.9. The van der Waals surface area contributed by atoms with Crippen molar-refractivity contribution in [1.82, 2.24) is 15.2 Å². The number of alkyl halides is 3. The van der Waals surface area contributed by atoms with Crippen molar-refractivity contribution in [3.63, 3.8) is 0 Å². The first-order chi connectivity index (χ1) is 15.2. The standard InChI is InChI=1S/C24H26F3N3O2/c1-15-2-9-20(22(31)28-14-16-3-4-16)21(29-15)17-10-12-30(13-11-17)23(32)18-5-7-19(8-6-18)24(25,26)27/h2,5-9,16-17H,3-4,10-14H2,1H3,(H,28,31). The Bertz CT molecular complexity index is 993. The zero-order valence-electron chi connectivity index (χ0n) is 17.9. The molecule has 2 heterocycles. The Kier molecular flexibility index (Phi) is 6.22. The fourth-order valence-corrected chi connectivity index (χ4v) is 4.07. The number of hydrogen-bond acceptors (Lipinski definition) is 3. The summed E-state index contributed by atoms with van der Waals surface area (Å²) in [6.45, 7) is 3.50. The van der Waals surface area contributed by atoms with Gasteiger partial charge in [0.25, 0.3) is 11.8 Å². The highest BCUT2D eigenvalue weighted by Crippen LogP contribution is 2.32. The molecule has 1 aliphatic heterocycles. The third-order valence-electron chi connectivity index (χ3n) is 6.18. The smallest absolute Gasteiger partial charge is 0.352 e. The van der Waals surface area contributed by atoms with E-state index in [0.717, 1.165) is 36.4 Å². The molecule has 4 rings (SSSR count). The summed E-state index contributed by atoms with van der Waals surface area (Å²) in [5, 5.41) is 3.00. The number of hydrogen-bond donors (Lipinski definition) is 1. The van der Waals surface area contributed by atoms with Crippen LogP contribution in [0.2, 0.25) is 0 Å². The normalized spacial score (nSPS) is 17.3. The van der Waals surface area contributed by atoms with E-state index in [1.165, 1.54) is 12.1 Å². The Morgan fingerprint density at radius 3 is 2.28 bits per heavy atom. The fraction of sp³-hybridized carbons (Fsp3) is 0.458. The van der Waals surface area contributed by atoms with Gasteiger partial charge in [-0.25, -0.2) is 0 Å². The number of carbonyl (C=O) groups is 2. The second kappa shape index (κ2) is 8.92. The van der Waals surface area contributed by atoms with Gasteiger partial charge in [-0.3, -0.25) is 14.6 Å². The van der Waals surface area contributed by atoms with Crippen molar-refractivity contribution in [2.24, 2.45) is 5.92 Å². The molecule has 2 amide bonds. The quantitative estimate of drug-likeness (QED) is 0.734. The van der Waals surface area contributed by atoms with E-state index in [-0.39, 0.29) is 23.3 Å². The van der Waals surface area contributed by atoms with Gasteiger partial charge < -0.3 is 10.2 Å². The van der Waals surface area contributed by atoms with Crippen molar-refractivity contribution >= 4 is 11.8 Å². The molecular formula is C24H26F3N3O2. The average Bonchev–Trinajstić information content (AvgIpc) is 3.61. The van der Waals surface area contributed by atoms with Crippen LogP contribution in [0.5, 0.6) is 0 Å². The summed E-state index contributed by atoms with van der Waals surface area (Å²) in [4.78, 5) is 31.8. The van der Waals surface area contributed by atoms with Gasteiger partial charge in [0.05, 0.1) is 16.8 Å². The average molecular weight is 445 g/mol. The van der Waals surface area contributed by atoms with Crippen LogP contribution >= 0.6 is 0 Å². The molecule has 0 atom stereocenters. The minimum absolute atomic E-state index is 0.0493. The van der Waals surface area contributed by atoms with Crippen LogP contribution in [0.3, 0.4) is 0 Å². The lowest BCUT2D eigenvalue weighted by Crippen LogP contribution is -2.38. The largest absolute Gasteiger partial charge is 0.416 e. The fourth-order valence-electron chi connectivity index (χ4n) is 4.07. The molecule has 1 N–H and O–H groups in total. The van der Waals surface area contributed by atoms with Crippen molar-refractivity contribution in [3.8, 4) is 0 Å². The number of aryl methyl sites for hydroxylation is 1. The highest BCUT2D eigenvalue weighted by molar-refractivity contribution is 5.96. The van der Waals surface area contributed by atoms with Gasteiger partial charge in [-0.05, 0) is 74.9 Å². The maximum absolute atomic E-state index is 12.8. The Morgan fingerprint density at radius 2 is 1.69 bits per heavy atom. The molecule has 5 nitrogen and oxygen atoms in total. The second-order valence-electron chi connectivity index (χ2n) is 8.68. The molecule has 0 radical (unpaired) electrons. The first-order valence-electron chi connectivity index (χ1n) is 10.9. The molecular weight excluding hydrogens is 419 g/mol. The first-order valence-corrected chi connectivity index (χ1v) is 10.9. The summed E-state index contributed by atoms with van der Waals surface area (Å²) in [5.41, 5.74) is 1.65. The molecule has 32 heavy (non-hydrogen) atoms. The van der Waals surface area contributed by atoms with Crippen LogP contribution in [0, 0.1) is 12.8 Å². The summed E-state index contributed by atoms with van der Waals surface area (Å²) in [7, 11) is 0. The number of aromatic nitrogens is 1. The Balaban J connectivity index is 1.41. The number of piperidine rings is 1. The van der Waals surface area contributed by atoms with Gasteiger partial charge in [0.1, 0.15) is 0 Å². The van der Waals surface area contributed by atoms with Gasteiger partial charge in [0.15, 0.2) is 0 Å². The maximum atomic E-state index is 12.8. The van der Waals surface area contributed by atoms with Crippen molar-refractivity contribution in [2.75, 3.05) is 19.6 Å². The number of halogens is 3. The lowest BCUT2D eigenvalue weighted by Gasteiger charge is -2.32. The molecule has 0 spiro atoms. The van der Waals surface area contributed by atoms with E-state index < -0.39 is 11.7 Å². The molecule has 2 aliphatic rings. The molecule has 8 heteroatoms. The lowest BCUT2D eigenvalue weighted by atomic mass is 9.89. The molecule has 1 aliphatic carbocycles. The first kappa shape index (κ1) is 22.3. The number of nitrogens with zero attached hydrogens (tertiary/aromatic N) is 2. The van der Waals surface area contributed by atoms with Crippen LogP contribution in [-0.2, 0) is 6.18 Å². The molecule has 0 bridgehead atoms. The van der Waals surface area contributed by atoms with Crippen molar-refractivity contribution < 1.29 is 22.8 Å². The van der Waals surface area contributed by atoms with E-state index >= 15 is 0 Å². The molecule has 1 saturated carbocycles. The molecule has 1 saturated heterocycles. The summed E-state index contributed by atoms with van der Waals surface area (Å²) in [6.07, 6.45) is -0.823. The third kappa shape index (κ3) is 5.11. The van der Waals surface area contributed by atoms with Gasteiger partial charge in [-0.1, -0.05) is 0 Å². The molecule has 170 valence electrons. The molecule has 2 fully saturated rings. The van der Waals surface area contributed by atoms with Crippen molar-refractivity contribution in [2.45, 2.75) is 44.7 Å². The predicted octanol–water partition coefficient (Wildman–Crippen LogP) is 4.57. The number of carbonyl (C=O) groups excluding carboxylic acids is 2. The van der Waals surface area contributed by atoms with E-state index in [1.54, 1.807) is 4.90 Å². The summed E-state index contributed by atoms with van der Waals surface area (Å²) in [6, 6.07) is 7.97. The minimum Gasteiger partial charge on any atom is -0.352 e. The SMILES string of the molecule is Cc1ccc(C(=O)NCC2CC2)c(C2CCN(C(=O)c3ccc(C(F)(F)F)cc3)CC2)n1. The number of benzene rings is 1. The van der Waals surface area contributed by atoms with E-state index in [2.05, 4.69) is 10.3 Å². The van der Waals surface area contributed by atoms with E-state index in [1.807, 2.05) is 19.1 Å². The highest BCUT2D eigenvalue weighted by atomic mass is 19.4. The molecule has 2 aromatic rings. The monoisotopic (exact) mass is 445 g/mol. The van der Waals surface area contributed by atoms with Crippen LogP contribution in [0.1, 0.15) is 69.3 Å². The van der Waals surface area contributed by atoms with Gasteiger partial charge in [-0.15, -0.1) is 0 Å². The summed E-state index contributed by atoms with van der Waals surface area (Å²) < 4.78 is 38.3. The number of likely N-dealkylation sites (tertiary alicyclic amines) is 1. The molecule has 1 aromatic carbocycles. The lowest BCUT2D eigenvalue weighted by molar-refractivity contribution is -0.137. The topological polar surface area (TPSA) is 62.3 Å². The Hall–Kier alpha value is -2.90. The minimum atomic E-state index is -4.43. The van der Waals surface area contributed by atoms with E-state index in [0.29, 0.717) is 44.0 Å². The summed E-state index contributed by atoms with van der Waals surface area (Å²) in [5.74, 6) is 0.243. The van der Waals surface area contributed by atoms with Crippen LogP contribution < -0.4 is 5.32 Å². The van der Waals surface area contributed by atoms with Gasteiger partial charge in [0, 0.05) is 36.8 Å². The van der Waals surface area contributed by atoms with Crippen LogP contribution in [-0.4, -0.2) is 41.3 Å². The molecule has 1 aromatic heterocycles. The van der Waals surface area contributed by atoms with Gasteiger partial charge in [-0.2, -0.15) is 13.2 Å². The second-order valence-corrected chi connectivity index (χ2v) is 8.68. The van der Waals surface area contributed by atoms with Crippen LogP contribution in [0.4, 0.5) is 13.2 Å². The van der Waals surface area contributed by atoms with Crippen molar-refractivity contribution in [1.29, 1.82) is 0 Å². The van der Waals surface area contributed by atoms with Gasteiger partial charge >= 0.3 is 6.18 Å². The number of pyridine rings is 1. The highest BCUT2D eigenvalue weighted by Gasteiger charge is 2.32. The Labute approximate surface area is 185 Å². The maximum Gasteiger partial charge on any atom is 0.416 e. The van der Waals surface area contributed by atoms with Gasteiger partial charge in [0.2, 0.25) is 0 Å². The van der Waals surface area contributed by atoms with Crippen LogP contribution in [0.25, 0.3) is 0 Å². The van der Waals surface area contributed by atoms with Crippen LogP contribution in [0.15, 0.2) is 36.4 Å². The number of rotatable bonds is 5. The number of nitrogens with one attached hydrogen (secondary N) is 1. The van der Waals surface area contributed by atoms with E-state index in [4.69, 9.17) is 0 Å². The Morgan fingerprint density at radius 1 is 1.03 bits per heavy atom. The zero-order chi connectivity index (χ0) is 22.9. The number of amides is 2.